The Kier molecular flexibility index (Phi) is 4.09. The molecule has 0 spiro atoms. The highest BCUT2D eigenvalue weighted by atomic mass is 16.4. The van der Waals surface area contributed by atoms with Crippen molar-refractivity contribution < 1.29 is 11.0 Å². The van der Waals surface area contributed by atoms with Gasteiger partial charge in [0, 0.05) is 19.6 Å². The Morgan fingerprint density at radius 1 is 1.26 bits per heavy atom. The summed E-state index contributed by atoms with van der Waals surface area (Å²) in [5, 5.41) is 13.3. The minimum absolute atomic E-state index is 0. The Balaban J connectivity index is 0.00000208. The van der Waals surface area contributed by atoms with Crippen molar-refractivity contribution >= 4 is 12.2 Å². The van der Waals surface area contributed by atoms with Crippen LogP contribution in [0, 0.1) is 13.8 Å². The highest BCUT2D eigenvalue weighted by molar-refractivity contribution is 5.86. The molecular weight excluding hydrogens is 290 g/mol. The van der Waals surface area contributed by atoms with E-state index in [9.17, 15) is 9.90 Å². The van der Waals surface area contributed by atoms with E-state index < -0.39 is 0 Å². The average Bonchev–Trinajstić information content (AvgIpc) is 2.44. The minimum Gasteiger partial charge on any atom is -0.508 e. The number of phenolic OH excluding ortho intramolecular Hbond substituents is 1. The number of nitrogens with one attached hydrogen (secondary N) is 1. The van der Waals surface area contributed by atoms with Gasteiger partial charge in [-0.2, -0.15) is 0 Å². The van der Waals surface area contributed by atoms with Gasteiger partial charge in [-0.25, -0.2) is 4.79 Å². The topological polar surface area (TPSA) is 62.5 Å². The molecule has 1 aliphatic carbocycles. The zero-order valence-electron chi connectivity index (χ0n) is 13.6. The predicted molar refractivity (Wildman–Crippen MR) is 93.6 cm³/mol. The van der Waals surface area contributed by atoms with Gasteiger partial charge in [0.15, 0.2) is 0 Å². The molecule has 0 fully saturated rings. The second-order valence-electron chi connectivity index (χ2n) is 6.19. The molecule has 0 bridgehead atoms. The molecule has 0 saturated heterocycles. The van der Waals surface area contributed by atoms with Crippen molar-refractivity contribution in [2.45, 2.75) is 39.8 Å². The molecule has 0 aliphatic heterocycles. The predicted octanol–water partition coefficient (Wildman–Crippen LogP) is 3.41. The van der Waals surface area contributed by atoms with Crippen molar-refractivity contribution in [3.8, 4) is 5.75 Å². The molecule has 4 nitrogen and oxygen atoms in total. The zero-order chi connectivity index (χ0) is 16.6. The molecule has 122 valence electrons. The molecule has 1 atom stereocenters. The third kappa shape index (κ3) is 3.08. The van der Waals surface area contributed by atoms with Gasteiger partial charge < -0.3 is 14.8 Å². The largest absolute Gasteiger partial charge is 0.508 e. The molecule has 0 saturated carbocycles. The van der Waals surface area contributed by atoms with Crippen molar-refractivity contribution in [3.63, 3.8) is 0 Å². The average molecular weight is 313 g/mol. The summed E-state index contributed by atoms with van der Waals surface area (Å²) in [6.07, 6.45) is 4.57. The molecule has 2 aromatic rings. The summed E-state index contributed by atoms with van der Waals surface area (Å²) in [5.41, 5.74) is 4.43. The fraction of sp³-hybridized carbons (Fsp3) is 0.316. The number of hydrogen-bond donors (Lipinski definition) is 2. The molecule has 1 aliphatic rings. The summed E-state index contributed by atoms with van der Waals surface area (Å²) in [6.45, 7) is 6.47. The van der Waals surface area contributed by atoms with Crippen LogP contribution in [0.15, 0.2) is 27.4 Å². The standard InChI is InChI=1S/C19H21NO3.H2/c1-11-4-5-14(9-18(11)21)8-12(2)20-10-17-13(3)23-19(22)16-7-6-15(16)17;/h4-7,9,12,20-21H,8,10H2,1-3H3;1H/t12-;/m1./s1. The second kappa shape index (κ2) is 6.05. The number of fused-ring (bicyclic) bond motifs is 1. The second-order valence-corrected chi connectivity index (χ2v) is 6.19. The monoisotopic (exact) mass is 313 g/mol. The maximum atomic E-state index is 11.6. The van der Waals surface area contributed by atoms with Gasteiger partial charge in [0.1, 0.15) is 11.5 Å². The third-order valence-corrected chi connectivity index (χ3v) is 4.37. The van der Waals surface area contributed by atoms with E-state index in [0.717, 1.165) is 28.7 Å². The van der Waals surface area contributed by atoms with Gasteiger partial charge in [-0.1, -0.05) is 18.2 Å². The van der Waals surface area contributed by atoms with Crippen molar-refractivity contribution in [2.24, 2.45) is 0 Å². The Hall–Kier alpha value is -2.33. The quantitative estimate of drug-likeness (QED) is 0.757. The van der Waals surface area contributed by atoms with E-state index in [1.54, 1.807) is 6.08 Å². The first-order chi connectivity index (χ1) is 11.0. The highest BCUT2D eigenvalue weighted by Gasteiger charge is 2.19. The van der Waals surface area contributed by atoms with E-state index >= 15 is 0 Å². The first-order valence-corrected chi connectivity index (χ1v) is 7.82. The molecule has 0 amide bonds. The van der Waals surface area contributed by atoms with E-state index in [2.05, 4.69) is 12.2 Å². The van der Waals surface area contributed by atoms with Gasteiger partial charge in [0.05, 0.1) is 5.56 Å². The van der Waals surface area contributed by atoms with Crippen LogP contribution in [0.2, 0.25) is 0 Å². The zero-order valence-corrected chi connectivity index (χ0v) is 13.6. The van der Waals surface area contributed by atoms with Crippen LogP contribution >= 0.6 is 0 Å². The molecule has 1 heterocycles. The molecule has 4 heteroatoms. The minimum atomic E-state index is -0.257. The van der Waals surface area contributed by atoms with Crippen LogP contribution in [-0.4, -0.2) is 11.1 Å². The molecule has 3 rings (SSSR count). The first-order valence-electron chi connectivity index (χ1n) is 7.82. The Morgan fingerprint density at radius 2 is 2.00 bits per heavy atom. The van der Waals surface area contributed by atoms with Crippen LogP contribution < -0.4 is 10.9 Å². The Morgan fingerprint density at radius 3 is 2.65 bits per heavy atom. The molecule has 0 radical (unpaired) electrons. The van der Waals surface area contributed by atoms with Gasteiger partial charge in [0.25, 0.3) is 0 Å². The van der Waals surface area contributed by atoms with Crippen LogP contribution in [0.25, 0.3) is 12.2 Å². The number of hydrogen-bond acceptors (Lipinski definition) is 4. The summed E-state index contributed by atoms with van der Waals surface area (Å²) in [6, 6.07) is 6.02. The van der Waals surface area contributed by atoms with Gasteiger partial charge >= 0.3 is 5.63 Å². The lowest BCUT2D eigenvalue weighted by atomic mass is 9.94. The van der Waals surface area contributed by atoms with Crippen LogP contribution in [0.5, 0.6) is 5.75 Å². The van der Waals surface area contributed by atoms with Crippen molar-refractivity contribution in [1.29, 1.82) is 0 Å². The summed E-state index contributed by atoms with van der Waals surface area (Å²) >= 11 is 0. The maximum absolute atomic E-state index is 11.6. The molecule has 0 unspecified atom stereocenters. The number of aromatic hydroxyl groups is 1. The van der Waals surface area contributed by atoms with Crippen LogP contribution in [0.1, 0.15) is 41.9 Å². The maximum Gasteiger partial charge on any atom is 0.343 e. The summed E-state index contributed by atoms with van der Waals surface area (Å²) in [4.78, 5) is 11.6. The van der Waals surface area contributed by atoms with Crippen LogP contribution in [-0.2, 0) is 13.0 Å². The number of aryl methyl sites for hydroxylation is 2. The lowest BCUT2D eigenvalue weighted by Crippen LogP contribution is -2.29. The van der Waals surface area contributed by atoms with E-state index in [4.69, 9.17) is 4.42 Å². The molecular formula is C19H23NO3. The number of benzene rings is 1. The van der Waals surface area contributed by atoms with Crippen LogP contribution in [0.4, 0.5) is 0 Å². The molecule has 2 N–H and O–H groups in total. The Bertz CT molecular complexity index is 839. The lowest BCUT2D eigenvalue weighted by molar-refractivity contribution is 0.458. The van der Waals surface area contributed by atoms with Gasteiger partial charge in [-0.05, 0) is 56.0 Å². The fourth-order valence-corrected chi connectivity index (χ4v) is 2.84. The normalized spacial score (nSPS) is 13.5. The van der Waals surface area contributed by atoms with Gasteiger partial charge in [-0.3, -0.25) is 0 Å². The molecule has 1 aromatic carbocycles. The molecule has 1 aromatic heterocycles. The van der Waals surface area contributed by atoms with E-state index in [0.29, 0.717) is 23.6 Å². The fourth-order valence-electron chi connectivity index (χ4n) is 2.84. The first kappa shape index (κ1) is 15.6. The summed E-state index contributed by atoms with van der Waals surface area (Å²) < 4.78 is 5.27. The Labute approximate surface area is 137 Å². The third-order valence-electron chi connectivity index (χ3n) is 4.37. The van der Waals surface area contributed by atoms with Crippen LogP contribution in [0.3, 0.4) is 0 Å². The molecule has 23 heavy (non-hydrogen) atoms. The van der Waals surface area contributed by atoms with E-state index in [1.807, 2.05) is 38.1 Å². The van der Waals surface area contributed by atoms with E-state index in [1.165, 1.54) is 0 Å². The van der Waals surface area contributed by atoms with Gasteiger partial charge in [0.2, 0.25) is 0 Å². The highest BCUT2D eigenvalue weighted by Crippen LogP contribution is 2.26. The van der Waals surface area contributed by atoms with Crippen molar-refractivity contribution in [2.75, 3.05) is 0 Å². The SMILES string of the molecule is Cc1ccc(C[C@@H](C)NCc2c(C)oc(=O)c3c2C=C3)cc1O.[HH]. The number of rotatable bonds is 5. The smallest absolute Gasteiger partial charge is 0.343 e. The summed E-state index contributed by atoms with van der Waals surface area (Å²) in [7, 11) is 0. The van der Waals surface area contributed by atoms with Gasteiger partial charge in [-0.15, -0.1) is 0 Å². The number of phenols is 1. The van der Waals surface area contributed by atoms with Crippen molar-refractivity contribution in [3.05, 3.63) is 62.2 Å². The lowest BCUT2D eigenvalue weighted by Gasteiger charge is -2.19. The van der Waals surface area contributed by atoms with Crippen molar-refractivity contribution in [1.82, 2.24) is 5.32 Å². The van der Waals surface area contributed by atoms with E-state index in [-0.39, 0.29) is 13.1 Å². The summed E-state index contributed by atoms with van der Waals surface area (Å²) in [5.74, 6) is 1.01.